The van der Waals surface area contributed by atoms with E-state index >= 15 is 4.39 Å². The molecule has 32 heavy (non-hydrogen) atoms. The van der Waals surface area contributed by atoms with Crippen LogP contribution in [0.3, 0.4) is 0 Å². The number of phenolic OH excluding ortho intramolecular Hbond substituents is 1. The Labute approximate surface area is 179 Å². The zero-order valence-corrected chi connectivity index (χ0v) is 16.4. The fraction of sp³-hybridized carbons (Fsp3) is 0.0870. The van der Waals surface area contributed by atoms with Crippen molar-refractivity contribution >= 4 is 22.6 Å². The van der Waals surface area contributed by atoms with Gasteiger partial charge in [-0.2, -0.15) is 0 Å². The monoisotopic (exact) mass is 435 g/mol. The zero-order valence-electron chi connectivity index (χ0n) is 16.4. The Morgan fingerprint density at radius 1 is 1.03 bits per heavy atom. The van der Waals surface area contributed by atoms with Crippen LogP contribution >= 0.6 is 0 Å². The molecule has 4 aromatic rings. The summed E-state index contributed by atoms with van der Waals surface area (Å²) in [7, 11) is 0. The first-order valence-electron chi connectivity index (χ1n) is 9.62. The van der Waals surface area contributed by atoms with E-state index in [1.165, 1.54) is 22.8 Å². The number of hydrogen-bond acceptors (Lipinski definition) is 5. The predicted molar refractivity (Wildman–Crippen MR) is 112 cm³/mol. The maximum absolute atomic E-state index is 15.1. The number of carboxylic acid groups (broad SMARTS) is 1. The minimum absolute atomic E-state index is 0.0979. The summed E-state index contributed by atoms with van der Waals surface area (Å²) in [6.45, 7) is 0.750. The molecule has 0 radical (unpaired) electrons. The summed E-state index contributed by atoms with van der Waals surface area (Å²) in [5.41, 5.74) is 0.440. The molecule has 0 bridgehead atoms. The van der Waals surface area contributed by atoms with E-state index < -0.39 is 28.6 Å². The summed E-state index contributed by atoms with van der Waals surface area (Å²) < 4.78 is 30.9. The van der Waals surface area contributed by atoms with Gasteiger partial charge in [0.05, 0.1) is 29.1 Å². The quantitative estimate of drug-likeness (QED) is 0.511. The molecule has 0 fully saturated rings. The summed E-state index contributed by atoms with van der Waals surface area (Å²) in [6.07, 6.45) is 2.65. The molecule has 160 valence electrons. The molecule has 7 nitrogen and oxygen atoms in total. The van der Waals surface area contributed by atoms with Crippen LogP contribution in [0.2, 0.25) is 0 Å². The number of aromatic carboxylic acids is 1. The number of pyridine rings is 2. The van der Waals surface area contributed by atoms with Crippen molar-refractivity contribution < 1.29 is 23.8 Å². The van der Waals surface area contributed by atoms with E-state index in [-0.39, 0.29) is 28.0 Å². The van der Waals surface area contributed by atoms with Crippen molar-refractivity contribution in [3.63, 3.8) is 0 Å². The van der Waals surface area contributed by atoms with E-state index in [0.717, 1.165) is 29.6 Å². The van der Waals surface area contributed by atoms with Gasteiger partial charge in [-0.15, -0.1) is 0 Å². The van der Waals surface area contributed by atoms with Crippen molar-refractivity contribution in [1.29, 1.82) is 0 Å². The second-order valence-corrected chi connectivity index (χ2v) is 7.47. The molecule has 2 aromatic carbocycles. The standard InChI is InChI=1S/C23H15F2N3O4/c24-16-6-13(29)3-4-19(16)28-10-15(23(31)32)22(30)14-7-17(25)21(8-20(14)28)27-9-12-2-1-5-26-18(12)11-27/h1-8,10,29H,9,11H2,(H,31,32). The average molecular weight is 435 g/mol. The molecule has 3 heterocycles. The third-order valence-electron chi connectivity index (χ3n) is 5.52. The fourth-order valence-corrected chi connectivity index (χ4v) is 3.99. The zero-order chi connectivity index (χ0) is 22.6. The first kappa shape index (κ1) is 19.7. The number of rotatable bonds is 3. The van der Waals surface area contributed by atoms with Crippen LogP contribution in [0.4, 0.5) is 14.5 Å². The van der Waals surface area contributed by atoms with Crippen molar-refractivity contribution in [1.82, 2.24) is 9.55 Å². The Balaban J connectivity index is 1.77. The van der Waals surface area contributed by atoms with Gasteiger partial charge < -0.3 is 19.7 Å². The Morgan fingerprint density at radius 2 is 1.81 bits per heavy atom. The number of anilines is 1. The van der Waals surface area contributed by atoms with Crippen LogP contribution in [0.5, 0.6) is 5.75 Å². The van der Waals surface area contributed by atoms with Gasteiger partial charge in [0.2, 0.25) is 5.43 Å². The maximum Gasteiger partial charge on any atom is 0.341 e. The summed E-state index contributed by atoms with van der Waals surface area (Å²) in [4.78, 5) is 30.4. The Morgan fingerprint density at radius 3 is 2.53 bits per heavy atom. The third-order valence-corrected chi connectivity index (χ3v) is 5.52. The van der Waals surface area contributed by atoms with Crippen LogP contribution in [0.15, 0.2) is 59.7 Å². The Kier molecular flexibility index (Phi) is 4.40. The summed E-state index contributed by atoms with van der Waals surface area (Å²) in [5.74, 6) is -3.38. The van der Waals surface area contributed by atoms with E-state index in [9.17, 15) is 24.2 Å². The lowest BCUT2D eigenvalue weighted by atomic mass is 10.1. The largest absolute Gasteiger partial charge is 0.508 e. The summed E-state index contributed by atoms with van der Waals surface area (Å²) in [5, 5.41) is 18.8. The second-order valence-electron chi connectivity index (χ2n) is 7.47. The molecule has 0 aliphatic carbocycles. The van der Waals surface area contributed by atoms with E-state index in [2.05, 4.69) is 4.98 Å². The number of carboxylic acids is 1. The lowest BCUT2D eigenvalue weighted by molar-refractivity contribution is 0.0695. The van der Waals surface area contributed by atoms with Gasteiger partial charge >= 0.3 is 5.97 Å². The van der Waals surface area contributed by atoms with Gasteiger partial charge in [-0.1, -0.05) is 6.07 Å². The molecule has 0 atom stereocenters. The molecular formula is C23H15F2N3O4. The molecule has 0 saturated carbocycles. The molecule has 2 N–H and O–H groups in total. The van der Waals surface area contributed by atoms with E-state index in [1.54, 1.807) is 17.2 Å². The molecule has 0 unspecified atom stereocenters. The van der Waals surface area contributed by atoms with Crippen molar-refractivity contribution in [2.75, 3.05) is 4.90 Å². The Hall–Kier alpha value is -4.27. The molecule has 0 saturated heterocycles. The first-order chi connectivity index (χ1) is 15.3. The minimum atomic E-state index is -1.52. The topological polar surface area (TPSA) is 95.7 Å². The highest BCUT2D eigenvalue weighted by Gasteiger charge is 2.25. The second kappa shape index (κ2) is 7.16. The van der Waals surface area contributed by atoms with Crippen molar-refractivity contribution in [3.05, 3.63) is 93.5 Å². The van der Waals surface area contributed by atoms with E-state index in [0.29, 0.717) is 13.1 Å². The van der Waals surface area contributed by atoms with E-state index in [1.807, 2.05) is 6.07 Å². The molecule has 0 amide bonds. The maximum atomic E-state index is 15.1. The van der Waals surface area contributed by atoms with Crippen LogP contribution in [0.1, 0.15) is 21.6 Å². The molecule has 0 spiro atoms. The Bertz CT molecular complexity index is 1460. The van der Waals surface area contributed by atoms with Crippen molar-refractivity contribution in [3.8, 4) is 11.4 Å². The van der Waals surface area contributed by atoms with Crippen molar-refractivity contribution in [2.24, 2.45) is 0 Å². The fourth-order valence-electron chi connectivity index (χ4n) is 3.99. The van der Waals surface area contributed by atoms with Crippen LogP contribution in [-0.2, 0) is 13.1 Å². The molecule has 2 aromatic heterocycles. The average Bonchev–Trinajstić information content (AvgIpc) is 3.18. The van der Waals surface area contributed by atoms with Gasteiger partial charge in [-0.3, -0.25) is 9.78 Å². The minimum Gasteiger partial charge on any atom is -0.508 e. The smallest absolute Gasteiger partial charge is 0.341 e. The number of carbonyl (C=O) groups is 1. The highest BCUT2D eigenvalue weighted by molar-refractivity contribution is 5.94. The number of benzene rings is 2. The van der Waals surface area contributed by atoms with Gasteiger partial charge in [0.25, 0.3) is 0 Å². The highest BCUT2D eigenvalue weighted by Crippen LogP contribution is 2.33. The number of halogens is 2. The number of nitrogens with zero attached hydrogens (tertiary/aromatic N) is 3. The van der Waals surface area contributed by atoms with Crippen LogP contribution in [-0.4, -0.2) is 25.7 Å². The number of phenols is 1. The third kappa shape index (κ3) is 3.06. The summed E-state index contributed by atoms with van der Waals surface area (Å²) >= 11 is 0. The number of fused-ring (bicyclic) bond motifs is 2. The number of aromatic nitrogens is 2. The van der Waals surface area contributed by atoms with Crippen LogP contribution < -0.4 is 10.3 Å². The van der Waals surface area contributed by atoms with Crippen LogP contribution in [0.25, 0.3) is 16.6 Å². The lowest BCUT2D eigenvalue weighted by Gasteiger charge is -2.21. The highest BCUT2D eigenvalue weighted by atomic mass is 19.1. The van der Waals surface area contributed by atoms with Gasteiger partial charge in [-0.05, 0) is 35.9 Å². The molecule has 1 aliphatic rings. The lowest BCUT2D eigenvalue weighted by Crippen LogP contribution is -2.21. The molecule has 5 rings (SSSR count). The predicted octanol–water partition coefficient (Wildman–Crippen LogP) is 3.59. The number of aromatic hydroxyl groups is 1. The normalized spacial score (nSPS) is 12.9. The molecule has 1 aliphatic heterocycles. The SMILES string of the molecule is O=C(O)c1cn(-c2ccc(O)cc2F)c2cc(N3Cc4cccnc4C3)c(F)cc2c1=O. The first-order valence-corrected chi connectivity index (χ1v) is 9.62. The van der Waals surface area contributed by atoms with Gasteiger partial charge in [0.1, 0.15) is 17.1 Å². The van der Waals surface area contributed by atoms with Crippen molar-refractivity contribution in [2.45, 2.75) is 13.1 Å². The molecular weight excluding hydrogens is 420 g/mol. The number of hydrogen-bond donors (Lipinski definition) is 2. The van der Waals surface area contributed by atoms with Gasteiger partial charge in [0, 0.05) is 30.4 Å². The molecule has 9 heteroatoms. The van der Waals surface area contributed by atoms with Gasteiger partial charge in [0.15, 0.2) is 5.82 Å². The van der Waals surface area contributed by atoms with Crippen LogP contribution in [0, 0.1) is 11.6 Å². The van der Waals surface area contributed by atoms with Gasteiger partial charge in [-0.25, -0.2) is 13.6 Å². The van der Waals surface area contributed by atoms with E-state index in [4.69, 9.17) is 0 Å². The summed E-state index contributed by atoms with van der Waals surface area (Å²) in [6, 6.07) is 9.41.